The van der Waals surface area contributed by atoms with Gasteiger partial charge in [-0.2, -0.15) is 0 Å². The van der Waals surface area contributed by atoms with E-state index >= 15 is 0 Å². The van der Waals surface area contributed by atoms with Crippen molar-refractivity contribution in [3.8, 4) is 22.2 Å². The van der Waals surface area contributed by atoms with E-state index in [2.05, 4.69) is 31.8 Å². The number of hydrogen-bond donors (Lipinski definition) is 0. The topological polar surface area (TPSA) is 69.4 Å². The van der Waals surface area contributed by atoms with Crippen LogP contribution in [-0.4, -0.2) is 29.5 Å². The highest BCUT2D eigenvalue weighted by molar-refractivity contribution is 7.13. The summed E-state index contributed by atoms with van der Waals surface area (Å²) in [5, 5.41) is 2.81. The highest BCUT2D eigenvalue weighted by Crippen LogP contribution is 2.27. The SMILES string of the molecule is CCCc1c(Cn2ccnc2-c2ncccc2F)ncnc1-c1nccs1. The van der Waals surface area contributed by atoms with E-state index in [4.69, 9.17) is 0 Å². The van der Waals surface area contributed by atoms with Crippen molar-refractivity contribution >= 4 is 11.3 Å². The lowest BCUT2D eigenvalue weighted by molar-refractivity contribution is 0.621. The van der Waals surface area contributed by atoms with Crippen molar-refractivity contribution in [3.05, 3.63) is 65.7 Å². The average molecular weight is 380 g/mol. The molecule has 4 heterocycles. The fraction of sp³-hybridized carbons (Fsp3) is 0.211. The molecular formula is C19H17FN6S. The van der Waals surface area contributed by atoms with Gasteiger partial charge in [0.25, 0.3) is 0 Å². The van der Waals surface area contributed by atoms with Crippen LogP contribution in [0.15, 0.2) is 48.6 Å². The van der Waals surface area contributed by atoms with E-state index in [0.717, 1.165) is 34.8 Å². The van der Waals surface area contributed by atoms with E-state index in [-0.39, 0.29) is 5.69 Å². The molecule has 0 spiro atoms. The molecule has 0 aliphatic carbocycles. The summed E-state index contributed by atoms with van der Waals surface area (Å²) in [6.45, 7) is 2.58. The van der Waals surface area contributed by atoms with Crippen LogP contribution in [-0.2, 0) is 13.0 Å². The first-order valence-corrected chi connectivity index (χ1v) is 9.50. The smallest absolute Gasteiger partial charge is 0.162 e. The summed E-state index contributed by atoms with van der Waals surface area (Å²) in [5.41, 5.74) is 3.04. The van der Waals surface area contributed by atoms with E-state index in [1.54, 1.807) is 42.3 Å². The van der Waals surface area contributed by atoms with Crippen LogP contribution in [0.5, 0.6) is 0 Å². The molecule has 4 aromatic rings. The lowest BCUT2D eigenvalue weighted by Gasteiger charge is -2.13. The zero-order valence-electron chi connectivity index (χ0n) is 14.7. The van der Waals surface area contributed by atoms with Crippen molar-refractivity contribution in [1.82, 2.24) is 29.5 Å². The molecule has 0 aliphatic rings. The Bertz CT molecular complexity index is 1040. The largest absolute Gasteiger partial charge is 0.324 e. The average Bonchev–Trinajstić information content (AvgIpc) is 3.36. The Balaban J connectivity index is 1.75. The maximum atomic E-state index is 14.2. The number of aromatic nitrogens is 6. The number of hydrogen-bond acceptors (Lipinski definition) is 6. The fourth-order valence-corrected chi connectivity index (χ4v) is 3.65. The van der Waals surface area contributed by atoms with Crippen molar-refractivity contribution in [3.63, 3.8) is 0 Å². The molecule has 6 nitrogen and oxygen atoms in total. The van der Waals surface area contributed by atoms with Gasteiger partial charge < -0.3 is 4.57 Å². The summed E-state index contributed by atoms with van der Waals surface area (Å²) in [4.78, 5) is 21.8. The number of nitrogens with zero attached hydrogens (tertiary/aromatic N) is 6. The summed E-state index contributed by atoms with van der Waals surface area (Å²) in [6, 6.07) is 2.95. The van der Waals surface area contributed by atoms with Gasteiger partial charge in [0.1, 0.15) is 22.7 Å². The third-order valence-electron chi connectivity index (χ3n) is 4.18. The van der Waals surface area contributed by atoms with Crippen molar-refractivity contribution < 1.29 is 4.39 Å². The third-order valence-corrected chi connectivity index (χ3v) is 4.96. The Labute approximate surface area is 159 Å². The number of thiazole rings is 1. The van der Waals surface area contributed by atoms with Crippen molar-refractivity contribution in [2.45, 2.75) is 26.3 Å². The second-order valence-corrected chi connectivity index (χ2v) is 6.84. The van der Waals surface area contributed by atoms with Crippen molar-refractivity contribution in [2.75, 3.05) is 0 Å². The maximum absolute atomic E-state index is 14.2. The van der Waals surface area contributed by atoms with E-state index in [1.165, 1.54) is 6.07 Å². The van der Waals surface area contributed by atoms with Gasteiger partial charge in [-0.1, -0.05) is 13.3 Å². The van der Waals surface area contributed by atoms with E-state index in [1.807, 2.05) is 16.1 Å². The molecule has 0 amide bonds. The highest BCUT2D eigenvalue weighted by atomic mass is 32.1. The lowest BCUT2D eigenvalue weighted by Crippen LogP contribution is -2.09. The number of pyridine rings is 1. The quantitative estimate of drug-likeness (QED) is 0.506. The molecule has 0 radical (unpaired) electrons. The van der Waals surface area contributed by atoms with Crippen LogP contribution in [0.2, 0.25) is 0 Å². The van der Waals surface area contributed by atoms with Gasteiger partial charge in [-0.05, 0) is 18.6 Å². The predicted molar refractivity (Wildman–Crippen MR) is 102 cm³/mol. The van der Waals surface area contributed by atoms with E-state index < -0.39 is 5.82 Å². The monoisotopic (exact) mass is 380 g/mol. The normalized spacial score (nSPS) is 11.0. The van der Waals surface area contributed by atoms with Crippen LogP contribution in [0, 0.1) is 5.82 Å². The molecule has 27 heavy (non-hydrogen) atoms. The number of rotatable bonds is 6. The summed E-state index contributed by atoms with van der Waals surface area (Å²) in [6.07, 6.45) is 10.2. The van der Waals surface area contributed by atoms with Gasteiger partial charge >= 0.3 is 0 Å². The van der Waals surface area contributed by atoms with E-state index in [0.29, 0.717) is 12.4 Å². The predicted octanol–water partition coefficient (Wildman–Crippen LogP) is 4.00. The second kappa shape index (κ2) is 7.71. The molecule has 0 atom stereocenters. The van der Waals surface area contributed by atoms with Crippen LogP contribution in [0.25, 0.3) is 22.2 Å². The molecule has 0 bridgehead atoms. The molecule has 0 fully saturated rings. The van der Waals surface area contributed by atoms with Crippen LogP contribution in [0.1, 0.15) is 24.6 Å². The minimum absolute atomic E-state index is 0.230. The van der Waals surface area contributed by atoms with Gasteiger partial charge in [0, 0.05) is 35.7 Å². The summed E-state index contributed by atoms with van der Waals surface area (Å²) < 4.78 is 16.0. The zero-order chi connectivity index (χ0) is 18.6. The van der Waals surface area contributed by atoms with Gasteiger partial charge in [-0.15, -0.1) is 11.3 Å². The molecule has 0 saturated heterocycles. The summed E-state index contributed by atoms with van der Waals surface area (Å²) >= 11 is 1.55. The Morgan fingerprint density at radius 3 is 2.74 bits per heavy atom. The van der Waals surface area contributed by atoms with E-state index in [9.17, 15) is 4.39 Å². The van der Waals surface area contributed by atoms with Crippen LogP contribution in [0.4, 0.5) is 4.39 Å². The molecule has 0 N–H and O–H groups in total. The summed E-state index contributed by atoms with van der Waals surface area (Å²) in [5.74, 6) is 0.0786. The second-order valence-electron chi connectivity index (χ2n) is 5.95. The third kappa shape index (κ3) is 3.48. The molecule has 0 aliphatic heterocycles. The first-order chi connectivity index (χ1) is 13.3. The van der Waals surface area contributed by atoms with Gasteiger partial charge in [0.05, 0.1) is 12.2 Å². The summed E-state index contributed by atoms with van der Waals surface area (Å²) in [7, 11) is 0. The molecule has 136 valence electrons. The Hall–Kier alpha value is -3.00. The molecule has 8 heteroatoms. The zero-order valence-corrected chi connectivity index (χ0v) is 15.5. The molecule has 4 aromatic heterocycles. The minimum atomic E-state index is -0.398. The molecule has 0 aromatic carbocycles. The molecule has 0 unspecified atom stereocenters. The van der Waals surface area contributed by atoms with Crippen LogP contribution in [0.3, 0.4) is 0 Å². The van der Waals surface area contributed by atoms with Crippen LogP contribution < -0.4 is 0 Å². The Kier molecular flexibility index (Phi) is 4.97. The molecular weight excluding hydrogens is 363 g/mol. The minimum Gasteiger partial charge on any atom is -0.324 e. The van der Waals surface area contributed by atoms with Gasteiger partial charge in [-0.3, -0.25) is 0 Å². The van der Waals surface area contributed by atoms with Crippen molar-refractivity contribution in [2.24, 2.45) is 0 Å². The van der Waals surface area contributed by atoms with Gasteiger partial charge in [0.15, 0.2) is 11.6 Å². The fourth-order valence-electron chi connectivity index (χ4n) is 2.99. The van der Waals surface area contributed by atoms with Crippen molar-refractivity contribution in [1.29, 1.82) is 0 Å². The molecule has 4 rings (SSSR count). The first kappa shape index (κ1) is 17.4. The standard InChI is InChI=1S/C19H17FN6S/c1-2-4-13-15(24-12-25-16(13)19-23-8-10-27-19)11-26-9-7-22-18(26)17-14(20)5-3-6-21-17/h3,5-10,12H,2,4,11H2,1H3. The lowest BCUT2D eigenvalue weighted by atomic mass is 10.1. The number of halogens is 1. The maximum Gasteiger partial charge on any atom is 0.162 e. The van der Waals surface area contributed by atoms with Gasteiger partial charge in [-0.25, -0.2) is 29.3 Å². The Morgan fingerprint density at radius 2 is 1.96 bits per heavy atom. The molecule has 0 saturated carbocycles. The van der Waals surface area contributed by atoms with Gasteiger partial charge in [0.2, 0.25) is 0 Å². The first-order valence-electron chi connectivity index (χ1n) is 8.62. The highest BCUT2D eigenvalue weighted by Gasteiger charge is 2.17. The number of imidazole rings is 1. The Morgan fingerprint density at radius 1 is 1.04 bits per heavy atom. The van der Waals surface area contributed by atoms with Crippen LogP contribution >= 0.6 is 11.3 Å².